The van der Waals surface area contributed by atoms with Crippen LogP contribution in [0.1, 0.15) is 0 Å². The fourth-order valence-electron chi connectivity index (χ4n) is 3.83. The van der Waals surface area contributed by atoms with Crippen LogP contribution in [-0.2, 0) is 4.74 Å². The molecular formula is C20H18ClFN4O2. The molecule has 1 aromatic heterocycles. The van der Waals surface area contributed by atoms with Gasteiger partial charge in [0.25, 0.3) is 0 Å². The molecule has 1 aliphatic carbocycles. The minimum absolute atomic E-state index is 0.0359. The third-order valence-corrected chi connectivity index (χ3v) is 5.80. The number of nitrogen functional groups attached to an aromatic ring is 1. The van der Waals surface area contributed by atoms with Gasteiger partial charge in [0.1, 0.15) is 23.7 Å². The molecule has 2 atom stereocenters. The van der Waals surface area contributed by atoms with E-state index in [4.69, 9.17) is 26.8 Å². The summed E-state index contributed by atoms with van der Waals surface area (Å²) in [4.78, 5) is 8.60. The van der Waals surface area contributed by atoms with Crippen molar-refractivity contribution < 1.29 is 13.9 Å². The molecule has 0 spiro atoms. The Morgan fingerprint density at radius 2 is 2.04 bits per heavy atom. The zero-order chi connectivity index (χ0) is 19.3. The summed E-state index contributed by atoms with van der Waals surface area (Å²) in [5.74, 6) is 2.50. The Bertz CT molecular complexity index is 1050. The van der Waals surface area contributed by atoms with Crippen LogP contribution in [0.2, 0.25) is 5.02 Å². The molecule has 1 aliphatic heterocycles. The summed E-state index contributed by atoms with van der Waals surface area (Å²) in [5, 5.41) is 3.91. The van der Waals surface area contributed by atoms with E-state index in [1.807, 2.05) is 6.07 Å². The molecule has 0 amide bonds. The molecule has 3 N–H and O–H groups in total. The van der Waals surface area contributed by atoms with E-state index in [0.717, 1.165) is 18.6 Å². The van der Waals surface area contributed by atoms with Crippen LogP contribution >= 0.6 is 11.6 Å². The highest BCUT2D eigenvalue weighted by molar-refractivity contribution is 6.31. The van der Waals surface area contributed by atoms with Gasteiger partial charge in [-0.2, -0.15) is 0 Å². The molecule has 28 heavy (non-hydrogen) atoms. The summed E-state index contributed by atoms with van der Waals surface area (Å²) in [7, 11) is 0. The van der Waals surface area contributed by atoms with Crippen molar-refractivity contribution in [1.82, 2.24) is 9.97 Å². The van der Waals surface area contributed by atoms with Gasteiger partial charge in [0.2, 0.25) is 0 Å². The van der Waals surface area contributed by atoms with Gasteiger partial charge in [0.15, 0.2) is 0 Å². The van der Waals surface area contributed by atoms with Crippen molar-refractivity contribution in [1.29, 1.82) is 0 Å². The lowest BCUT2D eigenvalue weighted by Crippen LogP contribution is -2.09. The third-order valence-electron chi connectivity index (χ3n) is 5.51. The highest BCUT2D eigenvalue weighted by Crippen LogP contribution is 2.50. The van der Waals surface area contributed by atoms with Crippen LogP contribution in [0.5, 0.6) is 5.75 Å². The van der Waals surface area contributed by atoms with Crippen molar-refractivity contribution in [3.8, 4) is 5.75 Å². The van der Waals surface area contributed by atoms with Crippen LogP contribution in [0.3, 0.4) is 0 Å². The van der Waals surface area contributed by atoms with Gasteiger partial charge in [0.05, 0.1) is 36.0 Å². The summed E-state index contributed by atoms with van der Waals surface area (Å²) < 4.78 is 24.8. The summed E-state index contributed by atoms with van der Waals surface area (Å²) in [5.41, 5.74) is 8.05. The topological polar surface area (TPSA) is 82.3 Å². The summed E-state index contributed by atoms with van der Waals surface area (Å²) in [6, 6.07) is 8.00. The van der Waals surface area contributed by atoms with Gasteiger partial charge in [-0.25, -0.2) is 14.4 Å². The normalized spacial score (nSPS) is 22.9. The van der Waals surface area contributed by atoms with Crippen molar-refractivity contribution in [2.45, 2.75) is 0 Å². The van der Waals surface area contributed by atoms with Crippen molar-refractivity contribution in [3.05, 3.63) is 47.5 Å². The molecule has 0 radical (unpaired) electrons. The smallest absolute Gasteiger partial charge is 0.144 e. The van der Waals surface area contributed by atoms with Crippen LogP contribution in [0, 0.1) is 23.6 Å². The maximum atomic E-state index is 13.4. The van der Waals surface area contributed by atoms with Crippen molar-refractivity contribution in [2.75, 3.05) is 30.9 Å². The monoisotopic (exact) mass is 400 g/mol. The molecule has 5 rings (SSSR count). The number of rotatable bonds is 5. The third kappa shape index (κ3) is 3.10. The Kier molecular flexibility index (Phi) is 4.21. The SMILES string of the molecule is Nc1cc2c(Nc3ccc(F)c(Cl)c3)ncnc2cc1OCC1C2COCC21. The van der Waals surface area contributed by atoms with Crippen LogP contribution in [0.15, 0.2) is 36.7 Å². The molecule has 2 fully saturated rings. The number of nitrogens with two attached hydrogens (primary N) is 1. The lowest BCUT2D eigenvalue weighted by Gasteiger charge is -2.13. The zero-order valence-corrected chi connectivity index (χ0v) is 15.6. The predicted molar refractivity (Wildman–Crippen MR) is 105 cm³/mol. The van der Waals surface area contributed by atoms with Gasteiger partial charge < -0.3 is 20.5 Å². The van der Waals surface area contributed by atoms with Gasteiger partial charge in [-0.3, -0.25) is 0 Å². The Hall–Kier alpha value is -2.64. The molecule has 2 heterocycles. The quantitative estimate of drug-likeness (QED) is 0.629. The van der Waals surface area contributed by atoms with Crippen molar-refractivity contribution in [3.63, 3.8) is 0 Å². The van der Waals surface area contributed by atoms with Crippen LogP contribution in [-0.4, -0.2) is 29.8 Å². The lowest BCUT2D eigenvalue weighted by atomic mass is 10.2. The Morgan fingerprint density at radius 3 is 2.82 bits per heavy atom. The number of anilines is 3. The number of halogens is 2. The van der Waals surface area contributed by atoms with E-state index in [-0.39, 0.29) is 5.02 Å². The molecule has 2 aromatic carbocycles. The first kappa shape index (κ1) is 17.5. The Morgan fingerprint density at radius 1 is 1.21 bits per heavy atom. The van der Waals surface area contributed by atoms with E-state index in [0.29, 0.717) is 52.8 Å². The van der Waals surface area contributed by atoms with Crippen molar-refractivity contribution in [2.24, 2.45) is 17.8 Å². The molecule has 3 aromatic rings. The van der Waals surface area contributed by atoms with E-state index >= 15 is 0 Å². The highest BCUT2D eigenvalue weighted by atomic mass is 35.5. The van der Waals surface area contributed by atoms with E-state index < -0.39 is 5.82 Å². The number of nitrogens with zero attached hydrogens (tertiary/aromatic N) is 2. The first-order valence-electron chi connectivity index (χ1n) is 9.07. The molecule has 1 saturated carbocycles. The number of nitrogens with one attached hydrogen (secondary N) is 1. The molecule has 1 saturated heterocycles. The van der Waals surface area contributed by atoms with Gasteiger partial charge in [-0.05, 0) is 36.1 Å². The van der Waals surface area contributed by atoms with Gasteiger partial charge in [-0.15, -0.1) is 0 Å². The Labute approximate surface area is 165 Å². The minimum Gasteiger partial charge on any atom is -0.491 e. The van der Waals surface area contributed by atoms with E-state index in [1.54, 1.807) is 12.1 Å². The van der Waals surface area contributed by atoms with E-state index in [2.05, 4.69) is 15.3 Å². The maximum Gasteiger partial charge on any atom is 0.144 e. The number of hydrogen-bond donors (Lipinski definition) is 2. The first-order chi connectivity index (χ1) is 13.6. The fourth-order valence-corrected chi connectivity index (χ4v) is 4.01. The molecule has 2 unspecified atom stereocenters. The second-order valence-corrected chi connectivity index (χ2v) is 7.63. The second kappa shape index (κ2) is 6.76. The van der Waals surface area contributed by atoms with Crippen LogP contribution < -0.4 is 15.8 Å². The number of aromatic nitrogens is 2. The molecular weight excluding hydrogens is 383 g/mol. The summed E-state index contributed by atoms with van der Waals surface area (Å²) >= 11 is 5.85. The molecule has 0 bridgehead atoms. The number of benzene rings is 2. The van der Waals surface area contributed by atoms with Crippen LogP contribution in [0.4, 0.5) is 21.6 Å². The van der Waals surface area contributed by atoms with E-state index in [9.17, 15) is 4.39 Å². The first-order valence-corrected chi connectivity index (χ1v) is 9.45. The Balaban J connectivity index is 1.38. The highest BCUT2D eigenvalue weighted by Gasteiger charge is 2.54. The molecule has 2 aliphatic rings. The largest absolute Gasteiger partial charge is 0.491 e. The average molecular weight is 401 g/mol. The zero-order valence-electron chi connectivity index (χ0n) is 14.9. The van der Waals surface area contributed by atoms with Gasteiger partial charge in [0, 0.05) is 23.1 Å². The lowest BCUT2D eigenvalue weighted by molar-refractivity contribution is 0.137. The van der Waals surface area contributed by atoms with Gasteiger partial charge in [-0.1, -0.05) is 11.6 Å². The second-order valence-electron chi connectivity index (χ2n) is 7.22. The van der Waals surface area contributed by atoms with E-state index in [1.165, 1.54) is 18.5 Å². The van der Waals surface area contributed by atoms with Gasteiger partial charge >= 0.3 is 0 Å². The maximum absolute atomic E-state index is 13.4. The predicted octanol–water partition coefficient (Wildman–Crippen LogP) is 4.02. The summed E-state index contributed by atoms with van der Waals surface area (Å²) in [6.45, 7) is 2.31. The minimum atomic E-state index is -0.475. The standard InChI is InChI=1S/C20H18ClFN4O2/c21-15-3-10(1-2-16(15)22)26-20-11-4-17(23)19(5-18(11)24-9-25-20)28-8-14-12-6-27-7-13(12)14/h1-5,9,12-14H,6-8,23H2,(H,24,25,26). The molecule has 8 heteroatoms. The summed E-state index contributed by atoms with van der Waals surface area (Å²) in [6.07, 6.45) is 1.46. The average Bonchev–Trinajstić information content (AvgIpc) is 3.10. The molecule has 144 valence electrons. The fraction of sp³-hybridized carbons (Fsp3) is 0.300. The van der Waals surface area contributed by atoms with Crippen molar-refractivity contribution >= 4 is 39.7 Å². The number of hydrogen-bond acceptors (Lipinski definition) is 6. The number of fused-ring (bicyclic) bond motifs is 2. The van der Waals surface area contributed by atoms with Crippen LogP contribution in [0.25, 0.3) is 10.9 Å². The molecule has 6 nitrogen and oxygen atoms in total. The number of ether oxygens (including phenoxy) is 2.